The Balaban J connectivity index is 1.66. The molecule has 3 aromatic rings. The summed E-state index contributed by atoms with van der Waals surface area (Å²) in [6.07, 6.45) is 3.37. The normalized spacial score (nSPS) is 10.3. The first-order chi connectivity index (χ1) is 14.1. The predicted molar refractivity (Wildman–Crippen MR) is 109 cm³/mol. The summed E-state index contributed by atoms with van der Waals surface area (Å²) in [5, 5.41) is 6.01. The summed E-state index contributed by atoms with van der Waals surface area (Å²) in [6, 6.07) is 11.0. The Morgan fingerprint density at radius 2 is 1.69 bits per heavy atom. The van der Waals surface area contributed by atoms with Gasteiger partial charge in [-0.25, -0.2) is 9.97 Å². The van der Waals surface area contributed by atoms with Gasteiger partial charge in [0.25, 0.3) is 5.91 Å². The zero-order chi connectivity index (χ0) is 20.6. The molecule has 29 heavy (non-hydrogen) atoms. The van der Waals surface area contributed by atoms with E-state index < -0.39 is 0 Å². The zero-order valence-corrected chi connectivity index (χ0v) is 16.6. The van der Waals surface area contributed by atoms with Gasteiger partial charge >= 0.3 is 0 Å². The molecular weight excluding hydrogens is 370 g/mol. The number of carbonyl (C=O) groups excluding carboxylic acids is 1. The quantitative estimate of drug-likeness (QED) is 0.607. The monoisotopic (exact) mass is 393 g/mol. The minimum Gasteiger partial charge on any atom is -0.493 e. The first kappa shape index (κ1) is 20.1. The van der Waals surface area contributed by atoms with Crippen molar-refractivity contribution in [3.05, 3.63) is 71.3 Å². The Kier molecular flexibility index (Phi) is 6.57. The van der Waals surface area contributed by atoms with Crippen LogP contribution in [0.4, 0.5) is 5.95 Å². The largest absolute Gasteiger partial charge is 0.493 e. The summed E-state index contributed by atoms with van der Waals surface area (Å²) < 4.78 is 10.6. The van der Waals surface area contributed by atoms with Crippen LogP contribution < -0.4 is 20.1 Å². The molecule has 0 saturated carbocycles. The third-order valence-corrected chi connectivity index (χ3v) is 4.19. The van der Waals surface area contributed by atoms with E-state index in [0.29, 0.717) is 41.9 Å². The Morgan fingerprint density at radius 3 is 2.41 bits per heavy atom. The topological polar surface area (TPSA) is 98.3 Å². The third-order valence-electron chi connectivity index (χ3n) is 4.19. The minimum absolute atomic E-state index is 0.263. The lowest BCUT2D eigenvalue weighted by Gasteiger charge is -2.11. The van der Waals surface area contributed by atoms with E-state index >= 15 is 0 Å². The van der Waals surface area contributed by atoms with Crippen molar-refractivity contribution in [2.24, 2.45) is 0 Å². The lowest BCUT2D eigenvalue weighted by molar-refractivity contribution is 0.0945. The van der Waals surface area contributed by atoms with Gasteiger partial charge in [-0.2, -0.15) is 0 Å². The van der Waals surface area contributed by atoms with E-state index in [9.17, 15) is 4.79 Å². The van der Waals surface area contributed by atoms with Crippen LogP contribution >= 0.6 is 0 Å². The number of nitrogens with one attached hydrogen (secondary N) is 2. The van der Waals surface area contributed by atoms with Crippen molar-refractivity contribution < 1.29 is 14.3 Å². The van der Waals surface area contributed by atoms with Crippen molar-refractivity contribution in [1.29, 1.82) is 0 Å². The lowest BCUT2D eigenvalue weighted by atomic mass is 10.2. The van der Waals surface area contributed by atoms with Crippen LogP contribution in [0.15, 0.2) is 48.8 Å². The molecule has 0 atom stereocenters. The second-order valence-electron chi connectivity index (χ2n) is 6.30. The molecule has 0 saturated heterocycles. The van der Waals surface area contributed by atoms with Crippen molar-refractivity contribution in [3.8, 4) is 11.5 Å². The minimum atomic E-state index is -0.263. The van der Waals surface area contributed by atoms with E-state index in [1.165, 1.54) is 0 Å². The molecule has 0 aliphatic rings. The van der Waals surface area contributed by atoms with Gasteiger partial charge in [0, 0.05) is 31.2 Å². The number of carbonyl (C=O) groups is 1. The number of aryl methyl sites for hydroxylation is 1. The van der Waals surface area contributed by atoms with Crippen LogP contribution in [-0.2, 0) is 13.1 Å². The van der Waals surface area contributed by atoms with Crippen molar-refractivity contribution in [2.75, 3.05) is 19.5 Å². The highest BCUT2D eigenvalue weighted by Gasteiger charge is 2.11. The summed E-state index contributed by atoms with van der Waals surface area (Å²) in [6.45, 7) is 2.70. The van der Waals surface area contributed by atoms with Crippen LogP contribution in [-0.4, -0.2) is 35.1 Å². The molecule has 0 aliphatic heterocycles. The third kappa shape index (κ3) is 5.41. The Bertz CT molecular complexity index is 979. The van der Waals surface area contributed by atoms with Crippen molar-refractivity contribution in [2.45, 2.75) is 20.0 Å². The SMILES string of the molecule is COc1ccc(CNc2nc(C)cc(C(=O)NCc3ccncc3)n2)cc1OC. The fourth-order valence-corrected chi connectivity index (χ4v) is 2.71. The number of aromatic nitrogens is 3. The molecule has 0 spiro atoms. The van der Waals surface area contributed by atoms with E-state index in [1.54, 1.807) is 32.7 Å². The summed E-state index contributed by atoms with van der Waals surface area (Å²) >= 11 is 0. The highest BCUT2D eigenvalue weighted by Crippen LogP contribution is 2.27. The van der Waals surface area contributed by atoms with Gasteiger partial charge in [-0.15, -0.1) is 0 Å². The van der Waals surface area contributed by atoms with Crippen LogP contribution in [0.25, 0.3) is 0 Å². The van der Waals surface area contributed by atoms with E-state index in [1.807, 2.05) is 37.3 Å². The molecule has 8 heteroatoms. The van der Waals surface area contributed by atoms with Gasteiger partial charge in [0.2, 0.25) is 5.95 Å². The molecule has 8 nitrogen and oxygen atoms in total. The van der Waals surface area contributed by atoms with Crippen LogP contribution in [0.3, 0.4) is 0 Å². The van der Waals surface area contributed by atoms with Gasteiger partial charge in [0.05, 0.1) is 14.2 Å². The molecule has 3 rings (SSSR count). The number of anilines is 1. The molecule has 2 heterocycles. The van der Waals surface area contributed by atoms with Gasteiger partial charge in [0.15, 0.2) is 11.5 Å². The van der Waals surface area contributed by atoms with Crippen LogP contribution in [0.5, 0.6) is 11.5 Å². The van der Waals surface area contributed by atoms with Gasteiger partial charge in [-0.05, 0) is 48.4 Å². The second-order valence-corrected chi connectivity index (χ2v) is 6.30. The molecule has 1 aromatic carbocycles. The molecule has 2 aromatic heterocycles. The predicted octanol–water partition coefficient (Wildman–Crippen LogP) is 2.74. The molecule has 0 bridgehead atoms. The number of nitrogens with zero attached hydrogens (tertiary/aromatic N) is 3. The number of rotatable bonds is 8. The van der Waals surface area contributed by atoms with Crippen LogP contribution in [0, 0.1) is 6.92 Å². The number of methoxy groups -OCH3 is 2. The number of benzene rings is 1. The Hall–Kier alpha value is -3.68. The molecule has 0 radical (unpaired) electrons. The summed E-state index contributed by atoms with van der Waals surface area (Å²) in [7, 11) is 3.19. The summed E-state index contributed by atoms with van der Waals surface area (Å²) in [5.74, 6) is 1.43. The maximum atomic E-state index is 12.5. The smallest absolute Gasteiger partial charge is 0.270 e. The molecular formula is C21H23N5O3. The maximum Gasteiger partial charge on any atom is 0.270 e. The molecule has 150 valence electrons. The van der Waals surface area contributed by atoms with Crippen molar-refractivity contribution in [1.82, 2.24) is 20.3 Å². The number of ether oxygens (including phenoxy) is 2. The lowest BCUT2D eigenvalue weighted by Crippen LogP contribution is -2.24. The summed E-state index contributed by atoms with van der Waals surface area (Å²) in [4.78, 5) is 25.1. The van der Waals surface area contributed by atoms with Gasteiger partial charge in [0.1, 0.15) is 5.69 Å². The van der Waals surface area contributed by atoms with Gasteiger partial charge in [-0.3, -0.25) is 9.78 Å². The van der Waals surface area contributed by atoms with E-state index in [2.05, 4.69) is 25.6 Å². The molecule has 0 unspecified atom stereocenters. The van der Waals surface area contributed by atoms with Gasteiger partial charge in [-0.1, -0.05) is 6.07 Å². The summed E-state index contributed by atoms with van der Waals surface area (Å²) in [5.41, 5.74) is 2.94. The highest BCUT2D eigenvalue weighted by molar-refractivity contribution is 5.92. The van der Waals surface area contributed by atoms with Crippen molar-refractivity contribution >= 4 is 11.9 Å². The fraction of sp³-hybridized carbons (Fsp3) is 0.238. The molecule has 0 fully saturated rings. The van der Waals surface area contributed by atoms with E-state index in [-0.39, 0.29) is 5.91 Å². The number of hydrogen-bond donors (Lipinski definition) is 2. The average molecular weight is 393 g/mol. The first-order valence-electron chi connectivity index (χ1n) is 9.06. The Morgan fingerprint density at radius 1 is 0.931 bits per heavy atom. The van der Waals surface area contributed by atoms with Crippen LogP contribution in [0.1, 0.15) is 27.3 Å². The Labute approximate surface area is 169 Å². The number of hydrogen-bond acceptors (Lipinski definition) is 7. The standard InChI is InChI=1S/C21H23N5O3/c1-14-10-17(20(27)23-12-15-6-8-22-9-7-15)26-21(25-14)24-13-16-4-5-18(28-2)19(11-16)29-3/h4-11H,12-13H2,1-3H3,(H,23,27)(H,24,25,26). The zero-order valence-electron chi connectivity index (χ0n) is 16.6. The average Bonchev–Trinajstić information content (AvgIpc) is 2.76. The second kappa shape index (κ2) is 9.50. The van der Waals surface area contributed by atoms with Gasteiger partial charge < -0.3 is 20.1 Å². The maximum absolute atomic E-state index is 12.5. The van der Waals surface area contributed by atoms with E-state index in [0.717, 1.165) is 11.1 Å². The van der Waals surface area contributed by atoms with Crippen molar-refractivity contribution in [3.63, 3.8) is 0 Å². The fourth-order valence-electron chi connectivity index (χ4n) is 2.71. The first-order valence-corrected chi connectivity index (χ1v) is 9.06. The molecule has 0 aliphatic carbocycles. The number of pyridine rings is 1. The molecule has 1 amide bonds. The highest BCUT2D eigenvalue weighted by atomic mass is 16.5. The van der Waals surface area contributed by atoms with Crippen LogP contribution in [0.2, 0.25) is 0 Å². The number of amides is 1. The van der Waals surface area contributed by atoms with E-state index in [4.69, 9.17) is 9.47 Å². The molecule has 2 N–H and O–H groups in total.